The Morgan fingerprint density at radius 1 is 1.59 bits per heavy atom. The second-order valence-electron chi connectivity index (χ2n) is 3.53. The Morgan fingerprint density at radius 3 is 2.71 bits per heavy atom. The molecule has 1 aromatic heterocycles. The lowest BCUT2D eigenvalue weighted by molar-refractivity contribution is -0.103. The topological polar surface area (TPSA) is 98.3 Å². The van der Waals surface area contributed by atoms with E-state index in [-0.39, 0.29) is 22.4 Å². The van der Waals surface area contributed by atoms with Crippen molar-refractivity contribution < 1.29 is 22.7 Å². The minimum Gasteiger partial charge on any atom is -0.453 e. The second-order valence-corrected chi connectivity index (χ2v) is 6.03. The molecule has 1 saturated heterocycles. The fourth-order valence-corrected chi connectivity index (χ4v) is 2.68. The van der Waals surface area contributed by atoms with E-state index in [1.165, 1.54) is 6.92 Å². The van der Waals surface area contributed by atoms with Gasteiger partial charge in [-0.05, 0) is 6.92 Å². The Hall–Kier alpha value is -1.12. The molecule has 1 fully saturated rings. The Kier molecular flexibility index (Phi) is 3.11. The average Bonchev–Trinajstić information content (AvgIpc) is 2.52. The van der Waals surface area contributed by atoms with E-state index in [0.29, 0.717) is 13.2 Å². The summed E-state index contributed by atoms with van der Waals surface area (Å²) < 4.78 is 32.3. The molecule has 0 unspecified atom stereocenters. The second kappa shape index (κ2) is 4.28. The van der Waals surface area contributed by atoms with Crippen molar-refractivity contribution in [1.82, 2.24) is 10.2 Å². The highest BCUT2D eigenvalue weighted by atomic mass is 35.7. The molecule has 2 rings (SSSR count). The minimum absolute atomic E-state index is 0.191. The van der Waals surface area contributed by atoms with Crippen molar-refractivity contribution in [2.24, 2.45) is 0 Å². The van der Waals surface area contributed by atoms with Crippen molar-refractivity contribution in [1.29, 1.82) is 0 Å². The first-order chi connectivity index (χ1) is 7.89. The Labute approximate surface area is 101 Å². The zero-order chi connectivity index (χ0) is 12.6. The molecule has 0 radical (unpaired) electrons. The number of esters is 1. The summed E-state index contributed by atoms with van der Waals surface area (Å²) in [5.41, 5.74) is -0.138. The van der Waals surface area contributed by atoms with Crippen molar-refractivity contribution >= 4 is 25.7 Å². The number of aryl methyl sites for hydroxylation is 1. The van der Waals surface area contributed by atoms with Crippen LogP contribution in [0.4, 0.5) is 0 Å². The molecule has 7 nitrogen and oxygen atoms in total. The van der Waals surface area contributed by atoms with Gasteiger partial charge in [0.2, 0.25) is 0 Å². The first-order valence-electron chi connectivity index (χ1n) is 4.68. The lowest BCUT2D eigenvalue weighted by Crippen LogP contribution is -2.38. The minimum atomic E-state index is -4.04. The molecule has 1 aliphatic heterocycles. The molecule has 9 heteroatoms. The summed E-state index contributed by atoms with van der Waals surface area (Å²) in [5.74, 6) is -0.832. The van der Waals surface area contributed by atoms with E-state index < -0.39 is 15.0 Å². The largest absolute Gasteiger partial charge is 0.453 e. The molecule has 0 atom stereocenters. The highest BCUT2D eigenvalue weighted by Gasteiger charge is 2.31. The van der Waals surface area contributed by atoms with Crippen LogP contribution in [-0.4, -0.2) is 43.9 Å². The first-order valence-corrected chi connectivity index (χ1v) is 6.99. The van der Waals surface area contributed by atoms with Crippen LogP contribution in [0.15, 0.2) is 4.90 Å². The predicted octanol–water partition coefficient (Wildman–Crippen LogP) is 0.201. The number of nitrogens with one attached hydrogen (secondary N) is 1. The van der Waals surface area contributed by atoms with Crippen LogP contribution < -0.4 is 0 Å². The van der Waals surface area contributed by atoms with E-state index in [9.17, 15) is 13.2 Å². The van der Waals surface area contributed by atoms with Crippen LogP contribution in [-0.2, 0) is 18.5 Å². The van der Waals surface area contributed by atoms with Gasteiger partial charge in [0, 0.05) is 10.7 Å². The Morgan fingerprint density at radius 2 is 2.24 bits per heavy atom. The van der Waals surface area contributed by atoms with Gasteiger partial charge < -0.3 is 9.47 Å². The van der Waals surface area contributed by atoms with Gasteiger partial charge >= 0.3 is 5.97 Å². The summed E-state index contributed by atoms with van der Waals surface area (Å²) in [5, 5.41) is 5.98. The number of aromatic nitrogens is 2. The van der Waals surface area contributed by atoms with Gasteiger partial charge in [0.05, 0.1) is 18.9 Å². The number of carbonyl (C=O) groups excluding carboxylic acids is 1. The molecule has 0 aliphatic carbocycles. The number of carbonyl (C=O) groups is 1. The van der Waals surface area contributed by atoms with Gasteiger partial charge in [0.25, 0.3) is 9.05 Å². The van der Waals surface area contributed by atoms with Crippen LogP contribution in [0.1, 0.15) is 16.2 Å². The summed E-state index contributed by atoms with van der Waals surface area (Å²) in [6.45, 7) is 2.06. The number of rotatable bonds is 3. The summed E-state index contributed by atoms with van der Waals surface area (Å²) in [6, 6.07) is 0. The van der Waals surface area contributed by atoms with Gasteiger partial charge in [-0.25, -0.2) is 13.2 Å². The highest BCUT2D eigenvalue weighted by Crippen LogP contribution is 2.23. The van der Waals surface area contributed by atoms with E-state index in [0.717, 1.165) is 0 Å². The molecular formula is C8H9ClN2O5S. The number of H-pyrrole nitrogens is 1. The van der Waals surface area contributed by atoms with Gasteiger partial charge in [-0.1, -0.05) is 0 Å². The molecule has 0 bridgehead atoms. The van der Waals surface area contributed by atoms with Crippen molar-refractivity contribution in [2.75, 3.05) is 13.2 Å². The molecule has 94 valence electrons. The Bertz CT molecular complexity index is 548. The van der Waals surface area contributed by atoms with Crippen molar-refractivity contribution in [3.63, 3.8) is 0 Å². The number of aromatic amines is 1. The third-order valence-corrected chi connectivity index (χ3v) is 3.66. The number of hydrogen-bond acceptors (Lipinski definition) is 6. The maximum Gasteiger partial charge on any atom is 0.360 e. The first kappa shape index (κ1) is 12.3. The number of ether oxygens (including phenoxy) is 2. The van der Waals surface area contributed by atoms with Gasteiger partial charge in [-0.15, -0.1) is 0 Å². The molecule has 0 saturated carbocycles. The fraction of sp³-hybridized carbons (Fsp3) is 0.500. The highest BCUT2D eigenvalue weighted by molar-refractivity contribution is 8.13. The van der Waals surface area contributed by atoms with Crippen molar-refractivity contribution in [3.8, 4) is 0 Å². The van der Waals surface area contributed by atoms with Gasteiger partial charge in [0.1, 0.15) is 11.0 Å². The summed E-state index contributed by atoms with van der Waals surface area (Å²) >= 11 is 0. The molecule has 0 spiro atoms. The van der Waals surface area contributed by atoms with Crippen LogP contribution >= 0.6 is 10.7 Å². The van der Waals surface area contributed by atoms with Gasteiger partial charge in [-0.2, -0.15) is 5.10 Å². The molecule has 0 aromatic carbocycles. The Balaban J connectivity index is 2.29. The van der Waals surface area contributed by atoms with Crippen LogP contribution in [0.2, 0.25) is 0 Å². The SMILES string of the molecule is Cc1[nH]nc(C(=O)OC2COC2)c1S(=O)(=O)Cl. The standard InChI is InChI=1S/C8H9ClN2O5S/c1-4-7(17(9,13)14)6(11-10-4)8(12)16-5-2-15-3-5/h5H,2-3H2,1H3,(H,10,11). The van der Waals surface area contributed by atoms with E-state index >= 15 is 0 Å². The number of halogens is 1. The molecule has 0 amide bonds. The molecule has 1 N–H and O–H groups in total. The molecule has 1 aromatic rings. The van der Waals surface area contributed by atoms with E-state index in [1.54, 1.807) is 0 Å². The average molecular weight is 281 g/mol. The maximum atomic E-state index is 11.6. The predicted molar refractivity (Wildman–Crippen MR) is 56.4 cm³/mol. The zero-order valence-corrected chi connectivity index (χ0v) is 10.3. The van der Waals surface area contributed by atoms with E-state index in [4.69, 9.17) is 20.2 Å². The third kappa shape index (κ3) is 2.43. The summed E-state index contributed by atoms with van der Waals surface area (Å²) in [6.07, 6.45) is -0.356. The summed E-state index contributed by atoms with van der Waals surface area (Å²) in [7, 11) is 1.17. The maximum absolute atomic E-state index is 11.6. The van der Waals surface area contributed by atoms with Crippen molar-refractivity contribution in [3.05, 3.63) is 11.4 Å². The molecule has 17 heavy (non-hydrogen) atoms. The molecular weight excluding hydrogens is 272 g/mol. The monoisotopic (exact) mass is 280 g/mol. The van der Waals surface area contributed by atoms with E-state index in [1.807, 2.05) is 0 Å². The smallest absolute Gasteiger partial charge is 0.360 e. The quantitative estimate of drug-likeness (QED) is 0.627. The number of nitrogens with zero attached hydrogens (tertiary/aromatic N) is 1. The van der Waals surface area contributed by atoms with Crippen LogP contribution in [0, 0.1) is 6.92 Å². The van der Waals surface area contributed by atoms with Gasteiger partial charge in [0.15, 0.2) is 5.69 Å². The lowest BCUT2D eigenvalue weighted by atomic mass is 10.3. The third-order valence-electron chi connectivity index (χ3n) is 2.21. The zero-order valence-electron chi connectivity index (χ0n) is 8.77. The van der Waals surface area contributed by atoms with Crippen molar-refractivity contribution in [2.45, 2.75) is 17.9 Å². The normalized spacial score (nSPS) is 16.6. The van der Waals surface area contributed by atoms with E-state index in [2.05, 4.69) is 10.2 Å². The molecule has 2 heterocycles. The van der Waals surface area contributed by atoms with Gasteiger partial charge in [-0.3, -0.25) is 5.10 Å². The van der Waals surface area contributed by atoms with Crippen LogP contribution in [0.3, 0.4) is 0 Å². The number of hydrogen-bond donors (Lipinski definition) is 1. The molecule has 1 aliphatic rings. The lowest BCUT2D eigenvalue weighted by Gasteiger charge is -2.25. The summed E-state index contributed by atoms with van der Waals surface area (Å²) in [4.78, 5) is 11.3. The van der Waals surface area contributed by atoms with Crippen LogP contribution in [0.5, 0.6) is 0 Å². The fourth-order valence-electron chi connectivity index (χ4n) is 1.34. The van der Waals surface area contributed by atoms with Crippen LogP contribution in [0.25, 0.3) is 0 Å².